The standard InChI is InChI=1S/C14H23NO2/c1-14(2)6-5-10(13(14)16)7-15-8-11-3-4-12(9-15)17-11/h10-12H,3-9H2,1-2H3. The molecule has 3 atom stereocenters. The first-order valence-electron chi connectivity index (χ1n) is 6.97. The van der Waals surface area contributed by atoms with Gasteiger partial charge in [0.05, 0.1) is 12.2 Å². The Morgan fingerprint density at radius 2 is 1.88 bits per heavy atom. The quantitative estimate of drug-likeness (QED) is 0.734. The summed E-state index contributed by atoms with van der Waals surface area (Å²) in [5, 5.41) is 0. The van der Waals surface area contributed by atoms with Crippen molar-refractivity contribution in [3.8, 4) is 0 Å². The zero-order valence-corrected chi connectivity index (χ0v) is 10.9. The Hall–Kier alpha value is -0.410. The number of carbonyl (C=O) groups excluding carboxylic acids is 1. The molecule has 0 N–H and O–H groups in total. The minimum atomic E-state index is -0.0735. The van der Waals surface area contributed by atoms with Gasteiger partial charge in [-0.15, -0.1) is 0 Å². The minimum absolute atomic E-state index is 0.0735. The molecule has 0 amide bonds. The van der Waals surface area contributed by atoms with Crippen LogP contribution in [0.1, 0.15) is 39.5 Å². The van der Waals surface area contributed by atoms with E-state index < -0.39 is 0 Å². The van der Waals surface area contributed by atoms with E-state index in [1.165, 1.54) is 12.8 Å². The van der Waals surface area contributed by atoms with E-state index >= 15 is 0 Å². The van der Waals surface area contributed by atoms with E-state index in [-0.39, 0.29) is 11.3 Å². The number of ketones is 1. The molecule has 3 unspecified atom stereocenters. The molecule has 0 aromatic heterocycles. The van der Waals surface area contributed by atoms with Gasteiger partial charge in [-0.3, -0.25) is 9.69 Å². The summed E-state index contributed by atoms with van der Waals surface area (Å²) < 4.78 is 5.83. The maximum atomic E-state index is 12.2. The highest BCUT2D eigenvalue weighted by molar-refractivity contribution is 5.88. The number of hydrogen-bond donors (Lipinski definition) is 0. The number of morpholine rings is 1. The molecule has 3 aliphatic rings. The third-order valence-electron chi connectivity index (χ3n) is 4.75. The second kappa shape index (κ2) is 4.06. The van der Waals surface area contributed by atoms with Crippen molar-refractivity contribution in [3.05, 3.63) is 0 Å². The van der Waals surface area contributed by atoms with Crippen molar-refractivity contribution < 1.29 is 9.53 Å². The number of hydrogen-bond acceptors (Lipinski definition) is 3. The molecule has 96 valence electrons. The van der Waals surface area contributed by atoms with E-state index in [2.05, 4.69) is 18.7 Å². The first kappa shape index (κ1) is 11.7. The lowest BCUT2D eigenvalue weighted by Gasteiger charge is -2.33. The molecule has 0 spiro atoms. The zero-order chi connectivity index (χ0) is 12.0. The average molecular weight is 237 g/mol. The number of rotatable bonds is 2. The molecule has 0 radical (unpaired) electrons. The predicted octanol–water partition coefficient (Wildman–Crippen LogP) is 1.85. The fourth-order valence-corrected chi connectivity index (χ4v) is 3.68. The summed E-state index contributed by atoms with van der Waals surface area (Å²) in [7, 11) is 0. The van der Waals surface area contributed by atoms with Gasteiger partial charge in [-0.2, -0.15) is 0 Å². The van der Waals surface area contributed by atoms with Gasteiger partial charge in [-0.05, 0) is 25.7 Å². The van der Waals surface area contributed by atoms with Crippen LogP contribution in [0.5, 0.6) is 0 Å². The monoisotopic (exact) mass is 237 g/mol. The molecule has 3 rings (SSSR count). The number of carbonyl (C=O) groups is 1. The van der Waals surface area contributed by atoms with E-state index in [9.17, 15) is 4.79 Å². The largest absolute Gasteiger partial charge is 0.372 e. The molecule has 2 bridgehead atoms. The first-order valence-corrected chi connectivity index (χ1v) is 6.97. The van der Waals surface area contributed by atoms with Gasteiger partial charge < -0.3 is 4.74 Å². The fourth-order valence-electron chi connectivity index (χ4n) is 3.68. The van der Waals surface area contributed by atoms with Crippen molar-refractivity contribution in [1.29, 1.82) is 0 Å². The van der Waals surface area contributed by atoms with Crippen LogP contribution in [0, 0.1) is 11.3 Å². The molecule has 17 heavy (non-hydrogen) atoms. The number of ether oxygens (including phenoxy) is 1. The molecular weight excluding hydrogens is 214 g/mol. The Morgan fingerprint density at radius 3 is 2.41 bits per heavy atom. The molecule has 1 aliphatic carbocycles. The van der Waals surface area contributed by atoms with Crippen molar-refractivity contribution in [3.63, 3.8) is 0 Å². The number of Topliss-reactive ketones (excluding diaryl/α,β-unsaturated/α-hetero) is 1. The lowest BCUT2D eigenvalue weighted by molar-refractivity contribution is -0.128. The second-order valence-corrected chi connectivity index (χ2v) is 6.66. The van der Waals surface area contributed by atoms with Gasteiger partial charge in [0.2, 0.25) is 0 Å². The molecule has 3 nitrogen and oxygen atoms in total. The third-order valence-corrected chi connectivity index (χ3v) is 4.75. The van der Waals surface area contributed by atoms with E-state index in [1.807, 2.05) is 0 Å². The van der Waals surface area contributed by atoms with Gasteiger partial charge in [0.15, 0.2) is 0 Å². The highest BCUT2D eigenvalue weighted by Crippen LogP contribution is 2.38. The molecule has 2 saturated heterocycles. The summed E-state index contributed by atoms with van der Waals surface area (Å²) in [6.07, 6.45) is 5.46. The average Bonchev–Trinajstić information content (AvgIpc) is 2.73. The van der Waals surface area contributed by atoms with Gasteiger partial charge in [-0.25, -0.2) is 0 Å². The smallest absolute Gasteiger partial charge is 0.142 e. The summed E-state index contributed by atoms with van der Waals surface area (Å²) in [6.45, 7) is 7.25. The molecular formula is C14H23NO2. The number of nitrogens with zero attached hydrogens (tertiary/aromatic N) is 1. The van der Waals surface area contributed by atoms with Crippen molar-refractivity contribution >= 4 is 5.78 Å². The van der Waals surface area contributed by atoms with Gasteiger partial charge in [0.25, 0.3) is 0 Å². The van der Waals surface area contributed by atoms with Crippen molar-refractivity contribution in [1.82, 2.24) is 4.90 Å². The van der Waals surface area contributed by atoms with Gasteiger partial charge >= 0.3 is 0 Å². The van der Waals surface area contributed by atoms with Gasteiger partial charge in [0, 0.05) is 31.0 Å². The Labute approximate surface area is 104 Å². The van der Waals surface area contributed by atoms with E-state index in [1.54, 1.807) is 0 Å². The van der Waals surface area contributed by atoms with Crippen molar-refractivity contribution in [2.45, 2.75) is 51.7 Å². The van der Waals surface area contributed by atoms with Gasteiger partial charge in [-0.1, -0.05) is 13.8 Å². The molecule has 2 aliphatic heterocycles. The lowest BCUT2D eigenvalue weighted by Crippen LogP contribution is -2.45. The molecule has 1 saturated carbocycles. The Morgan fingerprint density at radius 1 is 1.24 bits per heavy atom. The van der Waals surface area contributed by atoms with Crippen LogP contribution < -0.4 is 0 Å². The van der Waals surface area contributed by atoms with Crippen LogP contribution >= 0.6 is 0 Å². The predicted molar refractivity (Wildman–Crippen MR) is 65.8 cm³/mol. The van der Waals surface area contributed by atoms with Crippen LogP contribution in [-0.4, -0.2) is 42.5 Å². The Bertz CT molecular complexity index is 314. The van der Waals surface area contributed by atoms with E-state index in [4.69, 9.17) is 4.74 Å². The normalized spacial score (nSPS) is 41.1. The SMILES string of the molecule is CC1(C)CCC(CN2CC3CCC(C2)O3)C1=O. The van der Waals surface area contributed by atoms with E-state index in [0.29, 0.717) is 18.0 Å². The topological polar surface area (TPSA) is 29.5 Å². The summed E-state index contributed by atoms with van der Waals surface area (Å²) in [6, 6.07) is 0. The van der Waals surface area contributed by atoms with Crippen molar-refractivity contribution in [2.75, 3.05) is 19.6 Å². The lowest BCUT2D eigenvalue weighted by atomic mass is 9.89. The molecule has 0 aromatic carbocycles. The van der Waals surface area contributed by atoms with Crippen LogP contribution in [-0.2, 0) is 9.53 Å². The summed E-state index contributed by atoms with van der Waals surface area (Å²) >= 11 is 0. The Balaban J connectivity index is 1.59. The van der Waals surface area contributed by atoms with Gasteiger partial charge in [0.1, 0.15) is 5.78 Å². The van der Waals surface area contributed by atoms with Crippen LogP contribution in [0.2, 0.25) is 0 Å². The van der Waals surface area contributed by atoms with Crippen LogP contribution in [0.3, 0.4) is 0 Å². The fraction of sp³-hybridized carbons (Fsp3) is 0.929. The molecule has 3 fully saturated rings. The van der Waals surface area contributed by atoms with Crippen LogP contribution in [0.25, 0.3) is 0 Å². The minimum Gasteiger partial charge on any atom is -0.372 e. The van der Waals surface area contributed by atoms with Crippen LogP contribution in [0.4, 0.5) is 0 Å². The first-order chi connectivity index (χ1) is 8.04. The molecule has 0 aromatic rings. The highest BCUT2D eigenvalue weighted by Gasteiger charge is 2.42. The number of fused-ring (bicyclic) bond motifs is 2. The molecule has 3 heteroatoms. The third kappa shape index (κ3) is 2.15. The molecule has 2 heterocycles. The maximum absolute atomic E-state index is 12.2. The summed E-state index contributed by atoms with van der Waals surface area (Å²) in [5.41, 5.74) is -0.0735. The van der Waals surface area contributed by atoms with Crippen molar-refractivity contribution in [2.24, 2.45) is 11.3 Å². The maximum Gasteiger partial charge on any atom is 0.142 e. The zero-order valence-electron chi connectivity index (χ0n) is 10.9. The highest BCUT2D eigenvalue weighted by atomic mass is 16.5. The summed E-state index contributed by atoms with van der Waals surface area (Å²) in [4.78, 5) is 14.7. The van der Waals surface area contributed by atoms with E-state index in [0.717, 1.165) is 32.5 Å². The second-order valence-electron chi connectivity index (χ2n) is 6.66. The summed E-state index contributed by atoms with van der Waals surface area (Å²) in [5.74, 6) is 0.763. The van der Waals surface area contributed by atoms with Crippen LogP contribution in [0.15, 0.2) is 0 Å². The Kier molecular flexibility index (Phi) is 2.79. The number of likely N-dealkylation sites (tertiary alicyclic amines) is 1.